The quantitative estimate of drug-likeness (QED) is 0.114. The third-order valence-electron chi connectivity index (χ3n) is 3.90. The van der Waals surface area contributed by atoms with Crippen LogP contribution >= 0.6 is 0 Å². The van der Waals surface area contributed by atoms with Crippen molar-refractivity contribution in [2.24, 2.45) is 10.2 Å². The number of nitrogens with zero attached hydrogens (tertiary/aromatic N) is 3. The Bertz CT molecular complexity index is 832. The highest BCUT2D eigenvalue weighted by molar-refractivity contribution is 5.81. The molecule has 0 atom stereocenters. The van der Waals surface area contributed by atoms with Crippen molar-refractivity contribution in [1.82, 2.24) is 0 Å². The summed E-state index contributed by atoms with van der Waals surface area (Å²) < 4.78 is 10.6. The van der Waals surface area contributed by atoms with Gasteiger partial charge < -0.3 is 9.47 Å². The number of rotatable bonds is 12. The Hall–Kier alpha value is -3.55. The molecule has 0 heterocycles. The molecule has 0 saturated heterocycles. The first-order valence-electron chi connectivity index (χ1n) is 9.27. The number of benzene rings is 2. The van der Waals surface area contributed by atoms with Crippen LogP contribution in [0.2, 0.25) is 0 Å². The van der Waals surface area contributed by atoms with E-state index in [2.05, 4.69) is 16.8 Å². The summed E-state index contributed by atoms with van der Waals surface area (Å²) in [6.45, 7) is 4.37. The summed E-state index contributed by atoms with van der Waals surface area (Å²) in [4.78, 5) is 21.1. The number of nitro groups is 1. The summed E-state index contributed by atoms with van der Waals surface area (Å²) in [6, 6.07) is 13.1. The summed E-state index contributed by atoms with van der Waals surface area (Å²) in [6.07, 6.45) is 4.87. The number of hydrogen-bond acceptors (Lipinski definition) is 7. The smallest absolute Gasteiger partial charge is 0.330 e. The topological polar surface area (TPSA) is 103 Å². The van der Waals surface area contributed by atoms with Gasteiger partial charge in [-0.15, -0.1) is 0 Å². The van der Waals surface area contributed by atoms with E-state index in [1.165, 1.54) is 12.1 Å². The zero-order chi connectivity index (χ0) is 20.9. The third-order valence-corrected chi connectivity index (χ3v) is 3.90. The number of carbonyl (C=O) groups excluding carboxylic acids is 1. The molecule has 29 heavy (non-hydrogen) atoms. The zero-order valence-corrected chi connectivity index (χ0v) is 16.0. The van der Waals surface area contributed by atoms with Crippen molar-refractivity contribution in [3.63, 3.8) is 0 Å². The predicted molar refractivity (Wildman–Crippen MR) is 109 cm³/mol. The molecule has 0 unspecified atom stereocenters. The monoisotopic (exact) mass is 397 g/mol. The van der Waals surface area contributed by atoms with E-state index in [-0.39, 0.29) is 11.7 Å². The summed E-state index contributed by atoms with van der Waals surface area (Å²) in [5.74, 6) is 0.364. The minimum atomic E-state index is -0.458. The van der Waals surface area contributed by atoms with E-state index in [4.69, 9.17) is 9.47 Å². The lowest BCUT2D eigenvalue weighted by atomic mass is 10.2. The van der Waals surface area contributed by atoms with Crippen LogP contribution in [0, 0.1) is 10.1 Å². The van der Waals surface area contributed by atoms with E-state index in [1.807, 2.05) is 12.1 Å². The maximum absolute atomic E-state index is 10.9. The molecule has 0 aliphatic heterocycles. The fourth-order valence-corrected chi connectivity index (χ4v) is 2.34. The molecular weight excluding hydrogens is 374 g/mol. The van der Waals surface area contributed by atoms with E-state index in [0.717, 1.165) is 37.5 Å². The second-order valence-corrected chi connectivity index (χ2v) is 6.10. The van der Waals surface area contributed by atoms with Gasteiger partial charge in [-0.2, -0.15) is 10.2 Å². The molecule has 0 saturated carbocycles. The lowest BCUT2D eigenvalue weighted by molar-refractivity contribution is -0.384. The Morgan fingerprint density at radius 3 is 2.03 bits per heavy atom. The summed E-state index contributed by atoms with van der Waals surface area (Å²) >= 11 is 0. The molecule has 2 aromatic rings. The van der Waals surface area contributed by atoms with Crippen LogP contribution in [-0.2, 0) is 9.53 Å². The largest absolute Gasteiger partial charge is 0.494 e. The fourth-order valence-electron chi connectivity index (χ4n) is 2.34. The minimum Gasteiger partial charge on any atom is -0.494 e. The van der Waals surface area contributed by atoms with E-state index < -0.39 is 4.92 Å². The maximum Gasteiger partial charge on any atom is 0.330 e. The number of nitro benzene ring substituents is 1. The van der Waals surface area contributed by atoms with E-state index in [0.29, 0.717) is 24.6 Å². The molecule has 8 nitrogen and oxygen atoms in total. The van der Waals surface area contributed by atoms with Crippen molar-refractivity contribution >= 4 is 23.0 Å². The summed E-state index contributed by atoms with van der Waals surface area (Å²) in [5, 5.41) is 18.8. The van der Waals surface area contributed by atoms with Crippen LogP contribution in [-0.4, -0.2) is 24.1 Å². The van der Waals surface area contributed by atoms with Crippen molar-refractivity contribution in [1.29, 1.82) is 0 Å². The van der Waals surface area contributed by atoms with Gasteiger partial charge in [-0.3, -0.25) is 10.1 Å². The van der Waals surface area contributed by atoms with Crippen LogP contribution in [0.1, 0.15) is 25.7 Å². The first-order valence-corrected chi connectivity index (χ1v) is 9.27. The number of ether oxygens (including phenoxy) is 2. The molecule has 8 heteroatoms. The molecule has 0 spiro atoms. The van der Waals surface area contributed by atoms with Gasteiger partial charge >= 0.3 is 5.97 Å². The van der Waals surface area contributed by atoms with Crippen LogP contribution in [0.3, 0.4) is 0 Å². The van der Waals surface area contributed by atoms with Gasteiger partial charge in [0.25, 0.3) is 5.69 Å². The van der Waals surface area contributed by atoms with Gasteiger partial charge in [0.15, 0.2) is 0 Å². The molecule has 0 radical (unpaired) electrons. The number of esters is 1. The second-order valence-electron chi connectivity index (χ2n) is 6.10. The van der Waals surface area contributed by atoms with Crippen molar-refractivity contribution < 1.29 is 19.2 Å². The highest BCUT2D eigenvalue weighted by atomic mass is 16.6. The Morgan fingerprint density at radius 2 is 1.48 bits per heavy atom. The number of unbranched alkanes of at least 4 members (excludes halogenated alkanes) is 3. The first kappa shape index (κ1) is 21.7. The van der Waals surface area contributed by atoms with Crippen LogP contribution < -0.4 is 4.74 Å². The molecule has 0 N–H and O–H groups in total. The summed E-state index contributed by atoms with van der Waals surface area (Å²) in [5.41, 5.74) is 1.21. The average molecular weight is 397 g/mol. The van der Waals surface area contributed by atoms with Crippen molar-refractivity contribution in [3.8, 4) is 5.75 Å². The molecule has 2 aromatic carbocycles. The molecule has 152 valence electrons. The van der Waals surface area contributed by atoms with Gasteiger partial charge in [0, 0.05) is 18.2 Å². The molecule has 2 rings (SSSR count). The van der Waals surface area contributed by atoms with Gasteiger partial charge in [0.2, 0.25) is 0 Å². The van der Waals surface area contributed by atoms with Crippen molar-refractivity contribution in [2.75, 3.05) is 13.2 Å². The van der Waals surface area contributed by atoms with Crippen LogP contribution in [0.4, 0.5) is 17.1 Å². The predicted octanol–water partition coefficient (Wildman–Crippen LogP) is 5.68. The standard InChI is InChI=1S/C21H23N3O5/c1-2-21(25)29-16-6-4-3-5-15-28-20-13-9-18(10-14-20)23-22-17-7-11-19(12-8-17)24(26)27/h2,7-14H,1,3-6,15-16H2. The highest BCUT2D eigenvalue weighted by Gasteiger charge is 2.03. The van der Waals surface area contributed by atoms with Crippen LogP contribution in [0.25, 0.3) is 0 Å². The Kier molecular flexibility index (Phi) is 9.01. The Morgan fingerprint density at radius 1 is 0.931 bits per heavy atom. The fraction of sp³-hybridized carbons (Fsp3) is 0.286. The Balaban J connectivity index is 1.66. The first-order chi connectivity index (χ1) is 14.1. The zero-order valence-electron chi connectivity index (χ0n) is 16.0. The molecule has 0 aliphatic rings. The lowest BCUT2D eigenvalue weighted by Gasteiger charge is -2.06. The molecule has 0 aliphatic carbocycles. The van der Waals surface area contributed by atoms with Crippen molar-refractivity contribution in [3.05, 3.63) is 71.3 Å². The molecule has 0 fully saturated rings. The molecular formula is C21H23N3O5. The number of carbonyl (C=O) groups is 1. The van der Waals surface area contributed by atoms with Gasteiger partial charge in [-0.1, -0.05) is 6.58 Å². The SMILES string of the molecule is C=CC(=O)OCCCCCCOc1ccc(N=Nc2ccc([N+](=O)[O-])cc2)cc1. The van der Waals surface area contributed by atoms with E-state index in [9.17, 15) is 14.9 Å². The van der Waals surface area contributed by atoms with Gasteiger partial charge in [-0.25, -0.2) is 4.79 Å². The van der Waals surface area contributed by atoms with E-state index in [1.54, 1.807) is 24.3 Å². The average Bonchev–Trinajstić information content (AvgIpc) is 2.75. The molecule has 0 amide bonds. The highest BCUT2D eigenvalue weighted by Crippen LogP contribution is 2.23. The van der Waals surface area contributed by atoms with Gasteiger partial charge in [0.05, 0.1) is 29.5 Å². The summed E-state index contributed by atoms with van der Waals surface area (Å²) in [7, 11) is 0. The third kappa shape index (κ3) is 8.34. The lowest BCUT2D eigenvalue weighted by Crippen LogP contribution is -2.02. The van der Waals surface area contributed by atoms with Gasteiger partial charge in [0.1, 0.15) is 5.75 Å². The number of hydrogen-bond donors (Lipinski definition) is 0. The van der Waals surface area contributed by atoms with Crippen LogP contribution in [0.15, 0.2) is 71.4 Å². The Labute approximate surface area is 169 Å². The maximum atomic E-state index is 10.9. The van der Waals surface area contributed by atoms with E-state index >= 15 is 0 Å². The minimum absolute atomic E-state index is 0.0154. The van der Waals surface area contributed by atoms with Gasteiger partial charge in [-0.05, 0) is 62.1 Å². The molecule has 0 aromatic heterocycles. The molecule has 0 bridgehead atoms. The van der Waals surface area contributed by atoms with Crippen LogP contribution in [0.5, 0.6) is 5.75 Å². The van der Waals surface area contributed by atoms with Crippen molar-refractivity contribution in [2.45, 2.75) is 25.7 Å². The second kappa shape index (κ2) is 12.0. The number of non-ortho nitro benzene ring substituents is 1. The normalized spacial score (nSPS) is 10.6. The number of azo groups is 1.